The molecule has 31 heavy (non-hydrogen) atoms. The smallest absolute Gasteiger partial charge is 0.170 e. The zero-order chi connectivity index (χ0) is 21.2. The third-order valence-electron chi connectivity index (χ3n) is 5.35. The maximum Gasteiger partial charge on any atom is 0.170 e. The van der Waals surface area contributed by atoms with Crippen LogP contribution in [0.15, 0.2) is 89.7 Å². The summed E-state index contributed by atoms with van der Waals surface area (Å²) in [5, 5.41) is 4.05. The molecule has 154 valence electrons. The number of aromatic nitrogens is 2. The molecule has 0 saturated carbocycles. The molecule has 0 bridgehead atoms. The molecule has 1 fully saturated rings. The standard InChI is InChI=1S/C24H19FN4OS/c25-18-6-4-17(5-7-18)20-8-9-21(30-20)23-22(19-3-1-2-12-27-19)28-24(31)29(23)15-16-10-13-26-14-11-16/h1-14,22-23H,15H2,(H,28,31)/t22-,23+/m1/s1. The lowest BCUT2D eigenvalue weighted by Crippen LogP contribution is -2.29. The Kier molecular flexibility index (Phi) is 5.18. The highest BCUT2D eigenvalue weighted by Crippen LogP contribution is 2.41. The predicted octanol–water partition coefficient (Wildman–Crippen LogP) is 5.05. The first-order chi connectivity index (χ1) is 15.2. The highest BCUT2D eigenvalue weighted by atomic mass is 32.1. The molecule has 0 aliphatic carbocycles. The predicted molar refractivity (Wildman–Crippen MR) is 119 cm³/mol. The van der Waals surface area contributed by atoms with Gasteiger partial charge in [0.15, 0.2) is 5.11 Å². The fourth-order valence-electron chi connectivity index (χ4n) is 3.85. The van der Waals surface area contributed by atoms with Crippen molar-refractivity contribution in [1.29, 1.82) is 0 Å². The summed E-state index contributed by atoms with van der Waals surface area (Å²) in [6, 6.07) is 19.5. The maximum absolute atomic E-state index is 13.3. The van der Waals surface area contributed by atoms with Gasteiger partial charge in [-0.3, -0.25) is 9.97 Å². The monoisotopic (exact) mass is 430 g/mol. The third kappa shape index (κ3) is 3.92. The molecule has 1 N–H and O–H groups in total. The van der Waals surface area contributed by atoms with Crippen LogP contribution < -0.4 is 5.32 Å². The number of hydrogen-bond donors (Lipinski definition) is 1. The second-order valence-corrected chi connectivity index (χ2v) is 7.71. The molecule has 4 heterocycles. The number of pyridine rings is 2. The molecule has 5 rings (SSSR count). The molecule has 4 aromatic rings. The lowest BCUT2D eigenvalue weighted by Gasteiger charge is -2.26. The summed E-state index contributed by atoms with van der Waals surface area (Å²) >= 11 is 5.70. The van der Waals surface area contributed by atoms with Crippen LogP contribution in [0.4, 0.5) is 4.39 Å². The van der Waals surface area contributed by atoms with E-state index in [1.54, 1.807) is 30.7 Å². The minimum atomic E-state index is -0.278. The lowest BCUT2D eigenvalue weighted by atomic mass is 10.0. The number of nitrogens with one attached hydrogen (secondary N) is 1. The molecule has 3 aromatic heterocycles. The van der Waals surface area contributed by atoms with Crippen LogP contribution in [0.3, 0.4) is 0 Å². The third-order valence-corrected chi connectivity index (χ3v) is 5.70. The zero-order valence-electron chi connectivity index (χ0n) is 16.5. The fourth-order valence-corrected chi connectivity index (χ4v) is 4.16. The van der Waals surface area contributed by atoms with Gasteiger partial charge in [-0.25, -0.2) is 4.39 Å². The van der Waals surface area contributed by atoms with Gasteiger partial charge >= 0.3 is 0 Å². The highest BCUT2D eigenvalue weighted by molar-refractivity contribution is 7.80. The minimum Gasteiger partial charge on any atom is -0.459 e. The van der Waals surface area contributed by atoms with Crippen molar-refractivity contribution in [2.75, 3.05) is 0 Å². The topological polar surface area (TPSA) is 54.2 Å². The van der Waals surface area contributed by atoms with Crippen LogP contribution in [0, 0.1) is 5.82 Å². The van der Waals surface area contributed by atoms with Gasteiger partial charge in [-0.05, 0) is 78.4 Å². The van der Waals surface area contributed by atoms with E-state index in [2.05, 4.69) is 20.2 Å². The maximum atomic E-state index is 13.3. The summed E-state index contributed by atoms with van der Waals surface area (Å²) in [6.45, 7) is 0.606. The number of hydrogen-bond acceptors (Lipinski definition) is 4. The summed E-state index contributed by atoms with van der Waals surface area (Å²) < 4.78 is 19.6. The van der Waals surface area contributed by atoms with Gasteiger partial charge < -0.3 is 14.6 Å². The molecule has 1 aromatic carbocycles. The van der Waals surface area contributed by atoms with Gasteiger partial charge in [0.25, 0.3) is 0 Å². The Bertz CT molecular complexity index is 1180. The molecule has 1 saturated heterocycles. The van der Waals surface area contributed by atoms with Crippen molar-refractivity contribution in [3.8, 4) is 11.3 Å². The summed E-state index contributed by atoms with van der Waals surface area (Å²) in [7, 11) is 0. The van der Waals surface area contributed by atoms with Gasteiger partial charge in [-0.1, -0.05) is 6.07 Å². The normalized spacial score (nSPS) is 18.2. The van der Waals surface area contributed by atoms with E-state index in [1.165, 1.54) is 12.1 Å². The molecular weight excluding hydrogens is 411 g/mol. The zero-order valence-corrected chi connectivity index (χ0v) is 17.3. The Morgan fingerprint density at radius 2 is 1.77 bits per heavy atom. The van der Waals surface area contributed by atoms with Crippen molar-refractivity contribution in [3.63, 3.8) is 0 Å². The Balaban J connectivity index is 1.53. The van der Waals surface area contributed by atoms with E-state index in [1.807, 2.05) is 42.5 Å². The van der Waals surface area contributed by atoms with E-state index < -0.39 is 0 Å². The van der Waals surface area contributed by atoms with Crippen LogP contribution in [0.1, 0.15) is 29.1 Å². The first kappa shape index (κ1) is 19.4. The van der Waals surface area contributed by atoms with Gasteiger partial charge in [0, 0.05) is 30.7 Å². The van der Waals surface area contributed by atoms with E-state index >= 15 is 0 Å². The van der Waals surface area contributed by atoms with Gasteiger partial charge in [-0.15, -0.1) is 0 Å². The Labute approximate surface area is 184 Å². The molecule has 5 nitrogen and oxygen atoms in total. The number of rotatable bonds is 5. The fraction of sp³-hybridized carbons (Fsp3) is 0.125. The van der Waals surface area contributed by atoms with Crippen LogP contribution >= 0.6 is 12.2 Å². The molecule has 2 atom stereocenters. The van der Waals surface area contributed by atoms with E-state index in [0.29, 0.717) is 17.4 Å². The second-order valence-electron chi connectivity index (χ2n) is 7.32. The molecular formula is C24H19FN4OS. The van der Waals surface area contributed by atoms with E-state index in [9.17, 15) is 4.39 Å². The van der Waals surface area contributed by atoms with E-state index in [4.69, 9.17) is 16.6 Å². The van der Waals surface area contributed by atoms with Crippen LogP contribution in [0.2, 0.25) is 0 Å². The van der Waals surface area contributed by atoms with Crippen LogP contribution in [0.5, 0.6) is 0 Å². The molecule has 1 aliphatic rings. The molecule has 0 unspecified atom stereocenters. The van der Waals surface area contributed by atoms with Crippen LogP contribution in [0.25, 0.3) is 11.3 Å². The van der Waals surface area contributed by atoms with Crippen molar-refractivity contribution >= 4 is 17.3 Å². The Morgan fingerprint density at radius 3 is 2.52 bits per heavy atom. The van der Waals surface area contributed by atoms with E-state index in [-0.39, 0.29) is 17.9 Å². The molecule has 7 heteroatoms. The van der Waals surface area contributed by atoms with Crippen LogP contribution in [-0.2, 0) is 6.54 Å². The summed E-state index contributed by atoms with van der Waals surface area (Å²) in [4.78, 5) is 10.8. The first-order valence-corrected chi connectivity index (χ1v) is 10.3. The summed E-state index contributed by atoms with van der Waals surface area (Å²) in [5.74, 6) is 1.16. The number of halogens is 1. The number of benzene rings is 1. The molecule has 0 spiro atoms. The summed E-state index contributed by atoms with van der Waals surface area (Å²) in [5.41, 5.74) is 2.79. The first-order valence-electron chi connectivity index (χ1n) is 9.92. The number of furan rings is 1. The second kappa shape index (κ2) is 8.28. The van der Waals surface area contributed by atoms with Crippen molar-refractivity contribution in [1.82, 2.24) is 20.2 Å². The SMILES string of the molecule is Fc1ccc(-c2ccc([C@H]3[C@@H](c4ccccn4)NC(=S)N3Cc3ccncc3)o2)cc1. The van der Waals surface area contributed by atoms with Crippen molar-refractivity contribution < 1.29 is 8.81 Å². The van der Waals surface area contributed by atoms with Crippen molar-refractivity contribution in [2.24, 2.45) is 0 Å². The van der Waals surface area contributed by atoms with Gasteiger partial charge in [0.05, 0.1) is 11.7 Å². The van der Waals surface area contributed by atoms with Gasteiger partial charge in [0.2, 0.25) is 0 Å². The van der Waals surface area contributed by atoms with E-state index in [0.717, 1.165) is 22.6 Å². The largest absolute Gasteiger partial charge is 0.459 e. The lowest BCUT2D eigenvalue weighted by molar-refractivity contribution is 0.269. The Morgan fingerprint density at radius 1 is 0.968 bits per heavy atom. The quantitative estimate of drug-likeness (QED) is 0.447. The highest BCUT2D eigenvalue weighted by Gasteiger charge is 2.41. The van der Waals surface area contributed by atoms with Crippen molar-refractivity contribution in [2.45, 2.75) is 18.6 Å². The molecule has 0 radical (unpaired) electrons. The molecule has 1 aliphatic heterocycles. The van der Waals surface area contributed by atoms with Crippen molar-refractivity contribution in [3.05, 3.63) is 108 Å². The van der Waals surface area contributed by atoms with Gasteiger partial charge in [-0.2, -0.15) is 0 Å². The number of thiocarbonyl (C=S) groups is 1. The molecule has 0 amide bonds. The summed E-state index contributed by atoms with van der Waals surface area (Å²) in [6.07, 6.45) is 5.31. The average Bonchev–Trinajstić information content (AvgIpc) is 3.41. The number of nitrogens with zero attached hydrogens (tertiary/aromatic N) is 3. The Hall–Kier alpha value is -3.58. The average molecular weight is 431 g/mol. The van der Waals surface area contributed by atoms with Crippen LogP contribution in [-0.4, -0.2) is 20.0 Å². The minimum absolute atomic E-state index is 0.164. The van der Waals surface area contributed by atoms with Gasteiger partial charge in [0.1, 0.15) is 23.4 Å².